The number of aryl methyl sites for hydroxylation is 1. The summed E-state index contributed by atoms with van der Waals surface area (Å²) in [6.45, 7) is 5.38. The molecule has 2 nitrogen and oxygen atoms in total. The molecule has 0 radical (unpaired) electrons. The Kier molecular flexibility index (Phi) is 5.04. The molecule has 1 aliphatic rings. The molecule has 3 heteroatoms. The molecule has 1 atom stereocenters. The molecule has 1 heterocycles. The zero-order valence-corrected chi connectivity index (χ0v) is 12.1. The number of piperidine rings is 1. The van der Waals surface area contributed by atoms with Gasteiger partial charge >= 0.3 is 0 Å². The zero-order valence-electron chi connectivity index (χ0n) is 11.4. The molecule has 1 aliphatic heterocycles. The van der Waals surface area contributed by atoms with Crippen LogP contribution in [0.1, 0.15) is 30.4 Å². The van der Waals surface area contributed by atoms with Crippen LogP contribution in [-0.2, 0) is 6.54 Å². The fourth-order valence-corrected chi connectivity index (χ4v) is 2.86. The van der Waals surface area contributed by atoms with E-state index in [0.29, 0.717) is 6.04 Å². The molecule has 1 fully saturated rings. The monoisotopic (exact) mass is 266 g/mol. The minimum absolute atomic E-state index is 0.700. The van der Waals surface area contributed by atoms with Crippen molar-refractivity contribution in [1.82, 2.24) is 10.2 Å². The topological polar surface area (TPSA) is 15.3 Å². The zero-order chi connectivity index (χ0) is 13.0. The number of likely N-dealkylation sites (N-methyl/N-ethyl adjacent to an activating group) is 1. The van der Waals surface area contributed by atoms with Gasteiger partial charge < -0.3 is 10.2 Å². The third-order valence-electron chi connectivity index (χ3n) is 3.92. The lowest BCUT2D eigenvalue weighted by Crippen LogP contribution is -2.42. The Labute approximate surface area is 115 Å². The van der Waals surface area contributed by atoms with E-state index in [-0.39, 0.29) is 0 Å². The molecule has 0 bridgehead atoms. The van der Waals surface area contributed by atoms with Gasteiger partial charge in [0.25, 0.3) is 0 Å². The molecule has 1 unspecified atom stereocenters. The van der Waals surface area contributed by atoms with Crippen molar-refractivity contribution in [2.75, 3.05) is 20.1 Å². The number of rotatable bonds is 4. The van der Waals surface area contributed by atoms with Gasteiger partial charge in [0, 0.05) is 24.2 Å². The van der Waals surface area contributed by atoms with E-state index in [1.807, 2.05) is 12.1 Å². The number of nitrogens with zero attached hydrogens (tertiary/aromatic N) is 1. The van der Waals surface area contributed by atoms with Crippen molar-refractivity contribution < 1.29 is 0 Å². The Hall–Kier alpha value is -0.570. The summed E-state index contributed by atoms with van der Waals surface area (Å²) in [5.74, 6) is 0. The third kappa shape index (κ3) is 3.71. The number of benzene rings is 1. The largest absolute Gasteiger partial charge is 0.311 e. The standard InChI is InChI=1S/C15H23ClN2/c1-12-9-14(16)7-6-13(12)10-17-11-15-5-3-4-8-18(15)2/h6-7,9,15,17H,3-5,8,10-11H2,1-2H3. The summed E-state index contributed by atoms with van der Waals surface area (Å²) in [4.78, 5) is 2.48. The second-order valence-corrected chi connectivity index (χ2v) is 5.77. The number of hydrogen-bond acceptors (Lipinski definition) is 2. The molecule has 100 valence electrons. The minimum Gasteiger partial charge on any atom is -0.311 e. The average Bonchev–Trinajstić information content (AvgIpc) is 2.34. The van der Waals surface area contributed by atoms with Gasteiger partial charge in [-0.1, -0.05) is 24.1 Å². The fraction of sp³-hybridized carbons (Fsp3) is 0.600. The van der Waals surface area contributed by atoms with Crippen LogP contribution in [0.5, 0.6) is 0 Å². The van der Waals surface area contributed by atoms with Gasteiger partial charge in [0.15, 0.2) is 0 Å². The molecule has 1 aromatic rings. The maximum absolute atomic E-state index is 5.96. The van der Waals surface area contributed by atoms with Gasteiger partial charge in [-0.3, -0.25) is 0 Å². The first-order valence-electron chi connectivity index (χ1n) is 6.83. The van der Waals surface area contributed by atoms with Gasteiger partial charge in [0.05, 0.1) is 0 Å². The van der Waals surface area contributed by atoms with Gasteiger partial charge in [-0.25, -0.2) is 0 Å². The summed E-state index contributed by atoms with van der Waals surface area (Å²) >= 11 is 5.96. The maximum atomic E-state index is 5.96. The Morgan fingerprint density at radius 1 is 1.39 bits per heavy atom. The first kappa shape index (κ1) is 13.9. The smallest absolute Gasteiger partial charge is 0.0408 e. The van der Waals surface area contributed by atoms with E-state index in [2.05, 4.69) is 30.3 Å². The van der Waals surface area contributed by atoms with Gasteiger partial charge in [-0.05, 0) is 56.6 Å². The van der Waals surface area contributed by atoms with E-state index >= 15 is 0 Å². The molecular weight excluding hydrogens is 244 g/mol. The van der Waals surface area contributed by atoms with Gasteiger partial charge in [-0.2, -0.15) is 0 Å². The SMILES string of the molecule is Cc1cc(Cl)ccc1CNCC1CCCCN1C. The van der Waals surface area contributed by atoms with Crippen LogP contribution >= 0.6 is 11.6 Å². The minimum atomic E-state index is 0.700. The summed E-state index contributed by atoms with van der Waals surface area (Å²) in [6, 6.07) is 6.82. The van der Waals surface area contributed by atoms with Crippen molar-refractivity contribution in [1.29, 1.82) is 0 Å². The predicted octanol–water partition coefficient (Wildman–Crippen LogP) is 3.22. The van der Waals surface area contributed by atoms with Crippen LogP contribution in [-0.4, -0.2) is 31.1 Å². The molecule has 0 saturated carbocycles. The van der Waals surface area contributed by atoms with Crippen molar-refractivity contribution in [3.8, 4) is 0 Å². The average molecular weight is 267 g/mol. The molecule has 1 N–H and O–H groups in total. The highest BCUT2D eigenvalue weighted by Crippen LogP contribution is 2.16. The molecule has 0 aromatic heterocycles. The van der Waals surface area contributed by atoms with Crippen LogP contribution in [0, 0.1) is 6.92 Å². The Bertz CT molecular complexity index is 392. The van der Waals surface area contributed by atoms with Gasteiger partial charge in [0.2, 0.25) is 0 Å². The van der Waals surface area contributed by atoms with Crippen LogP contribution in [0.25, 0.3) is 0 Å². The van der Waals surface area contributed by atoms with E-state index in [0.717, 1.165) is 18.1 Å². The number of likely N-dealkylation sites (tertiary alicyclic amines) is 1. The van der Waals surface area contributed by atoms with Crippen LogP contribution in [0.15, 0.2) is 18.2 Å². The lowest BCUT2D eigenvalue weighted by molar-refractivity contribution is 0.181. The van der Waals surface area contributed by atoms with E-state index < -0.39 is 0 Å². The molecule has 0 amide bonds. The fourth-order valence-electron chi connectivity index (χ4n) is 2.63. The normalized spacial score (nSPS) is 21.2. The molecule has 2 rings (SSSR count). The molecule has 0 aliphatic carbocycles. The van der Waals surface area contributed by atoms with Crippen molar-refractivity contribution in [3.05, 3.63) is 34.3 Å². The van der Waals surface area contributed by atoms with Crippen molar-refractivity contribution in [3.63, 3.8) is 0 Å². The van der Waals surface area contributed by atoms with E-state index in [1.165, 1.54) is 36.9 Å². The highest BCUT2D eigenvalue weighted by molar-refractivity contribution is 6.30. The number of nitrogens with one attached hydrogen (secondary N) is 1. The summed E-state index contributed by atoms with van der Waals surface area (Å²) in [7, 11) is 2.24. The first-order valence-corrected chi connectivity index (χ1v) is 7.20. The molecule has 1 saturated heterocycles. The Morgan fingerprint density at radius 3 is 2.94 bits per heavy atom. The van der Waals surface area contributed by atoms with Crippen LogP contribution in [0.2, 0.25) is 5.02 Å². The lowest BCUT2D eigenvalue weighted by Gasteiger charge is -2.32. The summed E-state index contributed by atoms with van der Waals surface area (Å²) in [6.07, 6.45) is 4.04. The van der Waals surface area contributed by atoms with E-state index in [9.17, 15) is 0 Å². The lowest BCUT2D eigenvalue weighted by atomic mass is 10.0. The highest BCUT2D eigenvalue weighted by Gasteiger charge is 2.17. The molecule has 0 spiro atoms. The van der Waals surface area contributed by atoms with Crippen molar-refractivity contribution >= 4 is 11.6 Å². The predicted molar refractivity (Wildman–Crippen MR) is 78.2 cm³/mol. The molecule has 1 aromatic carbocycles. The molecule has 18 heavy (non-hydrogen) atoms. The van der Waals surface area contributed by atoms with Crippen LogP contribution in [0.4, 0.5) is 0 Å². The summed E-state index contributed by atoms with van der Waals surface area (Å²) < 4.78 is 0. The van der Waals surface area contributed by atoms with Gasteiger partial charge in [-0.15, -0.1) is 0 Å². The first-order chi connectivity index (χ1) is 8.66. The highest BCUT2D eigenvalue weighted by atomic mass is 35.5. The quantitative estimate of drug-likeness (QED) is 0.900. The number of halogens is 1. The van der Waals surface area contributed by atoms with Crippen molar-refractivity contribution in [2.24, 2.45) is 0 Å². The maximum Gasteiger partial charge on any atom is 0.0408 e. The third-order valence-corrected chi connectivity index (χ3v) is 4.16. The number of hydrogen-bond donors (Lipinski definition) is 1. The second kappa shape index (κ2) is 6.55. The van der Waals surface area contributed by atoms with Crippen LogP contribution < -0.4 is 5.32 Å². The van der Waals surface area contributed by atoms with E-state index in [1.54, 1.807) is 0 Å². The summed E-state index contributed by atoms with van der Waals surface area (Å²) in [5, 5.41) is 4.40. The Morgan fingerprint density at radius 2 is 2.22 bits per heavy atom. The Balaban J connectivity index is 1.81. The van der Waals surface area contributed by atoms with Crippen LogP contribution in [0.3, 0.4) is 0 Å². The molecular formula is C15H23ClN2. The second-order valence-electron chi connectivity index (χ2n) is 5.33. The summed E-state index contributed by atoms with van der Waals surface area (Å²) in [5.41, 5.74) is 2.62. The van der Waals surface area contributed by atoms with Gasteiger partial charge in [0.1, 0.15) is 0 Å². The van der Waals surface area contributed by atoms with Crippen molar-refractivity contribution in [2.45, 2.75) is 38.8 Å². The van der Waals surface area contributed by atoms with E-state index in [4.69, 9.17) is 11.6 Å².